The molecule has 0 heterocycles. The average molecular weight is 259 g/mol. The molecule has 1 aromatic carbocycles. The molecule has 0 saturated heterocycles. The van der Waals surface area contributed by atoms with Crippen molar-refractivity contribution in [3.8, 4) is 0 Å². The molecule has 0 spiro atoms. The molecule has 2 nitrogen and oxygen atoms in total. The summed E-state index contributed by atoms with van der Waals surface area (Å²) in [6.45, 7) is 6.04. The van der Waals surface area contributed by atoms with Crippen LogP contribution in [0.2, 0.25) is 0 Å². The summed E-state index contributed by atoms with van der Waals surface area (Å²) < 4.78 is 0. The number of allylic oxidation sites excluding steroid dienone is 1. The van der Waals surface area contributed by atoms with E-state index in [1.165, 1.54) is 11.3 Å². The number of Topliss-reactive ketones (excluding diaryl/α,β-unsaturated/α-hetero) is 1. The minimum atomic E-state index is 0.113. The molecule has 0 fully saturated rings. The molecule has 0 aliphatic carbocycles. The fourth-order valence-electron chi connectivity index (χ4n) is 2.13. The molecule has 0 bridgehead atoms. The second-order valence-electron chi connectivity index (χ2n) is 5.16. The van der Waals surface area contributed by atoms with Gasteiger partial charge in [0.25, 0.3) is 0 Å². The van der Waals surface area contributed by atoms with Gasteiger partial charge in [0.15, 0.2) is 5.78 Å². The Balaban J connectivity index is 3.09. The van der Waals surface area contributed by atoms with E-state index in [1.54, 1.807) is 6.92 Å². The normalized spacial score (nSPS) is 11.8. The lowest BCUT2D eigenvalue weighted by atomic mass is 9.98. The molecule has 0 saturated carbocycles. The quantitative estimate of drug-likeness (QED) is 0.713. The van der Waals surface area contributed by atoms with E-state index in [0.29, 0.717) is 5.92 Å². The zero-order chi connectivity index (χ0) is 14.4. The van der Waals surface area contributed by atoms with E-state index < -0.39 is 0 Å². The van der Waals surface area contributed by atoms with Gasteiger partial charge in [0.2, 0.25) is 0 Å². The van der Waals surface area contributed by atoms with Crippen LogP contribution in [0.4, 0.5) is 0 Å². The van der Waals surface area contributed by atoms with Gasteiger partial charge in [-0.15, -0.1) is 0 Å². The molecular weight excluding hydrogens is 234 g/mol. The highest BCUT2D eigenvalue weighted by atomic mass is 16.1. The lowest BCUT2D eigenvalue weighted by molar-refractivity contribution is 0.101. The summed E-state index contributed by atoms with van der Waals surface area (Å²) in [7, 11) is 4.13. The van der Waals surface area contributed by atoms with Crippen LogP contribution in [0.15, 0.2) is 30.3 Å². The van der Waals surface area contributed by atoms with E-state index in [4.69, 9.17) is 0 Å². The summed E-state index contributed by atoms with van der Waals surface area (Å²) in [6.07, 6.45) is 4.64. The molecule has 0 amide bonds. The second-order valence-corrected chi connectivity index (χ2v) is 5.16. The molecular formula is C17H25NO. The van der Waals surface area contributed by atoms with Crippen LogP contribution in [0.25, 0.3) is 5.70 Å². The molecule has 19 heavy (non-hydrogen) atoms. The summed E-state index contributed by atoms with van der Waals surface area (Å²) in [6, 6.07) is 7.87. The predicted molar refractivity (Wildman–Crippen MR) is 82.2 cm³/mol. The van der Waals surface area contributed by atoms with Crippen LogP contribution in [-0.4, -0.2) is 24.8 Å². The first-order valence-electron chi connectivity index (χ1n) is 7.00. The van der Waals surface area contributed by atoms with Crippen molar-refractivity contribution in [1.29, 1.82) is 0 Å². The SMILES string of the molecule is CCC(/C=C(\c1ccc(C(C)=O)cc1)N(C)C)CC. The van der Waals surface area contributed by atoms with Crippen molar-refractivity contribution in [3.63, 3.8) is 0 Å². The zero-order valence-corrected chi connectivity index (χ0v) is 12.7. The molecule has 1 rings (SSSR count). The fraction of sp³-hybridized carbons (Fsp3) is 0.471. The summed E-state index contributed by atoms with van der Waals surface area (Å²) in [5.74, 6) is 0.715. The summed E-state index contributed by atoms with van der Waals surface area (Å²) in [5.41, 5.74) is 3.16. The van der Waals surface area contributed by atoms with Crippen molar-refractivity contribution >= 4 is 11.5 Å². The van der Waals surface area contributed by atoms with E-state index in [-0.39, 0.29) is 5.78 Å². The van der Waals surface area contributed by atoms with Crippen LogP contribution in [0.1, 0.15) is 49.5 Å². The lowest BCUT2D eigenvalue weighted by Gasteiger charge is -2.20. The number of ketones is 1. The maximum atomic E-state index is 11.3. The largest absolute Gasteiger partial charge is 0.377 e. The molecule has 0 atom stereocenters. The number of carbonyl (C=O) groups is 1. The minimum Gasteiger partial charge on any atom is -0.377 e. The third-order valence-corrected chi connectivity index (χ3v) is 3.51. The standard InChI is InChI=1S/C17H25NO/c1-6-14(7-2)12-17(18(4)5)16-10-8-15(9-11-16)13(3)19/h8-12,14H,6-7H2,1-5H3/b17-12+. The van der Waals surface area contributed by atoms with Crippen molar-refractivity contribution in [1.82, 2.24) is 4.90 Å². The van der Waals surface area contributed by atoms with E-state index in [9.17, 15) is 4.79 Å². The first-order valence-corrected chi connectivity index (χ1v) is 7.00. The Labute approximate surface area is 117 Å². The van der Waals surface area contributed by atoms with Gasteiger partial charge in [-0.1, -0.05) is 44.2 Å². The summed E-state index contributed by atoms with van der Waals surface area (Å²) in [5, 5.41) is 0. The molecule has 0 N–H and O–H groups in total. The molecule has 0 unspecified atom stereocenters. The first-order chi connectivity index (χ1) is 8.99. The van der Waals surface area contributed by atoms with E-state index in [0.717, 1.165) is 18.4 Å². The van der Waals surface area contributed by atoms with E-state index in [2.05, 4.69) is 38.9 Å². The van der Waals surface area contributed by atoms with Crippen LogP contribution in [0.5, 0.6) is 0 Å². The number of benzene rings is 1. The third kappa shape index (κ3) is 4.23. The Morgan fingerprint density at radius 1 is 1.11 bits per heavy atom. The highest BCUT2D eigenvalue weighted by Crippen LogP contribution is 2.22. The number of hydrogen-bond acceptors (Lipinski definition) is 2. The van der Waals surface area contributed by atoms with Gasteiger partial charge in [0.1, 0.15) is 0 Å². The molecule has 0 aliphatic rings. The maximum absolute atomic E-state index is 11.3. The highest BCUT2D eigenvalue weighted by Gasteiger charge is 2.08. The van der Waals surface area contributed by atoms with Crippen molar-refractivity contribution in [2.75, 3.05) is 14.1 Å². The highest BCUT2D eigenvalue weighted by molar-refractivity contribution is 5.94. The van der Waals surface area contributed by atoms with Crippen LogP contribution in [0.3, 0.4) is 0 Å². The Morgan fingerprint density at radius 2 is 1.58 bits per heavy atom. The smallest absolute Gasteiger partial charge is 0.159 e. The Kier molecular flexibility index (Phi) is 5.81. The van der Waals surface area contributed by atoms with Crippen LogP contribution < -0.4 is 0 Å². The number of rotatable bonds is 6. The van der Waals surface area contributed by atoms with Gasteiger partial charge in [-0.2, -0.15) is 0 Å². The topological polar surface area (TPSA) is 20.3 Å². The molecule has 0 aromatic heterocycles. The summed E-state index contributed by atoms with van der Waals surface area (Å²) >= 11 is 0. The van der Waals surface area contributed by atoms with Crippen molar-refractivity contribution in [3.05, 3.63) is 41.5 Å². The minimum absolute atomic E-state index is 0.113. The van der Waals surface area contributed by atoms with Crippen molar-refractivity contribution in [2.24, 2.45) is 5.92 Å². The lowest BCUT2D eigenvalue weighted by Crippen LogP contribution is -2.12. The van der Waals surface area contributed by atoms with Gasteiger partial charge in [0, 0.05) is 25.4 Å². The molecule has 2 heteroatoms. The van der Waals surface area contributed by atoms with Crippen molar-refractivity contribution < 1.29 is 4.79 Å². The Morgan fingerprint density at radius 3 is 1.95 bits per heavy atom. The van der Waals surface area contributed by atoms with Gasteiger partial charge >= 0.3 is 0 Å². The molecule has 0 radical (unpaired) electrons. The molecule has 104 valence electrons. The van der Waals surface area contributed by atoms with Gasteiger partial charge < -0.3 is 4.90 Å². The Hall–Kier alpha value is -1.57. The fourth-order valence-corrected chi connectivity index (χ4v) is 2.13. The van der Waals surface area contributed by atoms with Gasteiger partial charge in [-0.3, -0.25) is 4.79 Å². The van der Waals surface area contributed by atoms with Crippen LogP contribution >= 0.6 is 0 Å². The zero-order valence-electron chi connectivity index (χ0n) is 12.7. The average Bonchev–Trinajstić information content (AvgIpc) is 2.40. The number of carbonyl (C=O) groups excluding carboxylic acids is 1. The number of hydrogen-bond donors (Lipinski definition) is 0. The molecule has 0 aliphatic heterocycles. The van der Waals surface area contributed by atoms with Crippen LogP contribution in [-0.2, 0) is 0 Å². The maximum Gasteiger partial charge on any atom is 0.159 e. The Bertz CT molecular complexity index is 439. The van der Waals surface area contributed by atoms with Crippen molar-refractivity contribution in [2.45, 2.75) is 33.6 Å². The van der Waals surface area contributed by atoms with Gasteiger partial charge in [-0.25, -0.2) is 0 Å². The van der Waals surface area contributed by atoms with E-state index in [1.807, 2.05) is 24.3 Å². The second kappa shape index (κ2) is 7.13. The number of nitrogens with zero attached hydrogens (tertiary/aromatic N) is 1. The van der Waals surface area contributed by atoms with Gasteiger partial charge in [0.05, 0.1) is 0 Å². The third-order valence-electron chi connectivity index (χ3n) is 3.51. The van der Waals surface area contributed by atoms with Crippen LogP contribution in [0, 0.1) is 5.92 Å². The summed E-state index contributed by atoms with van der Waals surface area (Å²) in [4.78, 5) is 13.4. The predicted octanol–water partition coefficient (Wildman–Crippen LogP) is 4.23. The van der Waals surface area contributed by atoms with Gasteiger partial charge in [-0.05, 0) is 31.2 Å². The van der Waals surface area contributed by atoms with E-state index >= 15 is 0 Å². The molecule has 1 aromatic rings. The monoisotopic (exact) mass is 259 g/mol. The first kappa shape index (κ1) is 15.5.